The van der Waals surface area contributed by atoms with E-state index in [1.165, 1.54) is 0 Å². The third-order valence-corrected chi connectivity index (χ3v) is 1.93. The monoisotopic (exact) mass is 140 g/mol. The second-order valence-electron chi connectivity index (χ2n) is 3.01. The van der Waals surface area contributed by atoms with E-state index in [4.69, 9.17) is 0 Å². The quantitative estimate of drug-likeness (QED) is 0.557. The van der Waals surface area contributed by atoms with E-state index in [0.717, 1.165) is 0 Å². The lowest BCUT2D eigenvalue weighted by Gasteiger charge is -2.17. The van der Waals surface area contributed by atoms with Gasteiger partial charge < -0.3 is 5.11 Å². The van der Waals surface area contributed by atoms with Crippen LogP contribution in [0.4, 0.5) is 0 Å². The summed E-state index contributed by atoms with van der Waals surface area (Å²) >= 11 is 0. The molecule has 0 radical (unpaired) electrons. The highest BCUT2D eigenvalue weighted by molar-refractivity contribution is 5.96. The molecule has 1 atom stereocenters. The zero-order valence-electron chi connectivity index (χ0n) is 6.35. The van der Waals surface area contributed by atoms with Gasteiger partial charge in [0.2, 0.25) is 0 Å². The Morgan fingerprint density at radius 1 is 1.50 bits per heavy atom. The Balaban J connectivity index is 2.85. The third kappa shape index (κ3) is 1.20. The van der Waals surface area contributed by atoms with E-state index in [1.807, 2.05) is 6.92 Å². The summed E-state index contributed by atoms with van der Waals surface area (Å²) in [7, 11) is 0. The molecule has 0 saturated carbocycles. The predicted octanol–water partition coefficient (Wildman–Crippen LogP) is 1.82. The number of carbonyl (C=O) groups is 1. The first-order valence-electron chi connectivity index (χ1n) is 3.53. The van der Waals surface area contributed by atoms with Crippen molar-refractivity contribution in [2.24, 2.45) is 5.92 Å². The van der Waals surface area contributed by atoms with Gasteiger partial charge in [0.25, 0.3) is 0 Å². The molecule has 0 fully saturated rings. The molecule has 10 heavy (non-hydrogen) atoms. The molecule has 0 heterocycles. The Kier molecular flexibility index (Phi) is 1.79. The molecule has 0 spiro atoms. The first kappa shape index (κ1) is 7.32. The summed E-state index contributed by atoms with van der Waals surface area (Å²) in [5.74, 6) is 0.691. The van der Waals surface area contributed by atoms with E-state index >= 15 is 0 Å². The Labute approximate surface area is 60.6 Å². The molecular formula is C8H12O2. The van der Waals surface area contributed by atoms with Crippen LogP contribution in [0.5, 0.6) is 0 Å². The summed E-state index contributed by atoms with van der Waals surface area (Å²) in [5.41, 5.74) is 0.554. The standard InChI is InChI=1S/C8H12O2/c1-5-3-7(9)6(2)8(10)4-5/h5,9H,3-4H2,1-2H3. The molecule has 1 aliphatic rings. The van der Waals surface area contributed by atoms with Gasteiger partial charge in [-0.05, 0) is 12.8 Å². The van der Waals surface area contributed by atoms with Gasteiger partial charge >= 0.3 is 0 Å². The van der Waals surface area contributed by atoms with Crippen molar-refractivity contribution in [3.8, 4) is 0 Å². The number of Topliss-reactive ketones (excluding diaryl/α,β-unsaturated/α-hetero) is 1. The first-order valence-corrected chi connectivity index (χ1v) is 3.53. The highest BCUT2D eigenvalue weighted by atomic mass is 16.3. The number of hydrogen-bond acceptors (Lipinski definition) is 2. The lowest BCUT2D eigenvalue weighted by molar-refractivity contribution is -0.117. The molecule has 0 amide bonds. The van der Waals surface area contributed by atoms with Gasteiger partial charge in [-0.1, -0.05) is 6.92 Å². The van der Waals surface area contributed by atoms with Crippen LogP contribution in [-0.4, -0.2) is 10.9 Å². The topological polar surface area (TPSA) is 37.3 Å². The molecule has 2 nitrogen and oxygen atoms in total. The van der Waals surface area contributed by atoms with Crippen molar-refractivity contribution in [1.29, 1.82) is 0 Å². The lowest BCUT2D eigenvalue weighted by atomic mass is 9.89. The van der Waals surface area contributed by atoms with Crippen molar-refractivity contribution >= 4 is 5.78 Å². The maximum absolute atomic E-state index is 11.0. The van der Waals surface area contributed by atoms with Crippen LogP contribution in [0.25, 0.3) is 0 Å². The Morgan fingerprint density at radius 3 is 2.60 bits per heavy atom. The second kappa shape index (κ2) is 2.45. The van der Waals surface area contributed by atoms with Crippen LogP contribution in [-0.2, 0) is 4.79 Å². The molecule has 56 valence electrons. The van der Waals surface area contributed by atoms with Gasteiger partial charge in [0.05, 0.1) is 5.76 Å². The molecule has 0 aliphatic heterocycles. The molecule has 1 rings (SSSR count). The first-order chi connectivity index (χ1) is 4.61. The van der Waals surface area contributed by atoms with Gasteiger partial charge in [-0.15, -0.1) is 0 Å². The zero-order valence-corrected chi connectivity index (χ0v) is 6.35. The Bertz CT molecular complexity index is 191. The van der Waals surface area contributed by atoms with E-state index in [1.54, 1.807) is 6.92 Å². The molecule has 0 aromatic heterocycles. The number of aliphatic hydroxyl groups is 1. The largest absolute Gasteiger partial charge is 0.512 e. The predicted molar refractivity (Wildman–Crippen MR) is 38.7 cm³/mol. The fourth-order valence-electron chi connectivity index (χ4n) is 1.19. The van der Waals surface area contributed by atoms with Crippen molar-refractivity contribution < 1.29 is 9.90 Å². The molecule has 1 unspecified atom stereocenters. The van der Waals surface area contributed by atoms with Crippen LogP contribution >= 0.6 is 0 Å². The molecule has 1 N–H and O–H groups in total. The highest BCUT2D eigenvalue weighted by Gasteiger charge is 2.21. The van der Waals surface area contributed by atoms with Crippen LogP contribution in [0, 0.1) is 5.92 Å². The van der Waals surface area contributed by atoms with Crippen molar-refractivity contribution in [2.75, 3.05) is 0 Å². The number of carbonyl (C=O) groups excluding carboxylic acids is 1. The average Bonchev–Trinajstić information content (AvgIpc) is 1.82. The summed E-state index contributed by atoms with van der Waals surface area (Å²) in [6.07, 6.45) is 1.26. The van der Waals surface area contributed by atoms with Gasteiger partial charge in [-0.25, -0.2) is 0 Å². The smallest absolute Gasteiger partial charge is 0.162 e. The van der Waals surface area contributed by atoms with Crippen molar-refractivity contribution in [1.82, 2.24) is 0 Å². The minimum atomic E-state index is 0.0938. The summed E-state index contributed by atoms with van der Waals surface area (Å²) in [4.78, 5) is 11.0. The molecular weight excluding hydrogens is 128 g/mol. The van der Waals surface area contributed by atoms with Crippen LogP contribution < -0.4 is 0 Å². The Hall–Kier alpha value is -0.790. The van der Waals surface area contributed by atoms with E-state index in [0.29, 0.717) is 24.3 Å². The summed E-state index contributed by atoms with van der Waals surface area (Å²) in [5, 5.41) is 9.18. The summed E-state index contributed by atoms with van der Waals surface area (Å²) < 4.78 is 0. The van der Waals surface area contributed by atoms with E-state index < -0.39 is 0 Å². The van der Waals surface area contributed by atoms with Crippen LogP contribution in [0.15, 0.2) is 11.3 Å². The van der Waals surface area contributed by atoms with Gasteiger partial charge in [0.15, 0.2) is 5.78 Å². The van der Waals surface area contributed by atoms with Crippen LogP contribution in [0.1, 0.15) is 26.7 Å². The van der Waals surface area contributed by atoms with Crippen molar-refractivity contribution in [3.05, 3.63) is 11.3 Å². The molecule has 0 aromatic rings. The van der Waals surface area contributed by atoms with E-state index in [2.05, 4.69) is 0 Å². The number of rotatable bonds is 0. The SMILES string of the molecule is CC1=C(O)CC(C)CC1=O. The molecule has 2 heteroatoms. The van der Waals surface area contributed by atoms with Gasteiger partial charge in [0, 0.05) is 18.4 Å². The van der Waals surface area contributed by atoms with Crippen molar-refractivity contribution in [2.45, 2.75) is 26.7 Å². The average molecular weight is 140 g/mol. The van der Waals surface area contributed by atoms with Crippen LogP contribution in [0.2, 0.25) is 0 Å². The Morgan fingerprint density at radius 2 is 2.10 bits per heavy atom. The van der Waals surface area contributed by atoms with E-state index in [9.17, 15) is 9.90 Å². The van der Waals surface area contributed by atoms with Crippen molar-refractivity contribution in [3.63, 3.8) is 0 Å². The minimum absolute atomic E-state index is 0.0938. The summed E-state index contributed by atoms with van der Waals surface area (Å²) in [6, 6.07) is 0. The number of allylic oxidation sites excluding steroid dienone is 2. The molecule has 0 bridgehead atoms. The van der Waals surface area contributed by atoms with Crippen LogP contribution in [0.3, 0.4) is 0 Å². The normalized spacial score (nSPS) is 27.4. The number of hydrogen-bond donors (Lipinski definition) is 1. The molecule has 1 aliphatic carbocycles. The van der Waals surface area contributed by atoms with Gasteiger partial charge in [-0.2, -0.15) is 0 Å². The van der Waals surface area contributed by atoms with Gasteiger partial charge in [0.1, 0.15) is 0 Å². The second-order valence-corrected chi connectivity index (χ2v) is 3.01. The minimum Gasteiger partial charge on any atom is -0.512 e. The maximum Gasteiger partial charge on any atom is 0.162 e. The fraction of sp³-hybridized carbons (Fsp3) is 0.625. The molecule has 0 aromatic carbocycles. The highest BCUT2D eigenvalue weighted by Crippen LogP contribution is 2.24. The number of ketones is 1. The fourth-order valence-corrected chi connectivity index (χ4v) is 1.19. The van der Waals surface area contributed by atoms with E-state index in [-0.39, 0.29) is 11.5 Å². The third-order valence-electron chi connectivity index (χ3n) is 1.93. The zero-order chi connectivity index (χ0) is 7.72. The summed E-state index contributed by atoms with van der Waals surface area (Å²) in [6.45, 7) is 3.66. The molecule has 0 saturated heterocycles. The maximum atomic E-state index is 11.0. The van der Waals surface area contributed by atoms with Gasteiger partial charge in [-0.3, -0.25) is 4.79 Å². The lowest BCUT2D eigenvalue weighted by Crippen LogP contribution is -2.15. The number of aliphatic hydroxyl groups excluding tert-OH is 1.